The number of esters is 1. The summed E-state index contributed by atoms with van der Waals surface area (Å²) in [6, 6.07) is 15.5. The van der Waals surface area contributed by atoms with Crippen molar-refractivity contribution >= 4 is 17.3 Å². The van der Waals surface area contributed by atoms with Gasteiger partial charge in [-0.1, -0.05) is 83.8 Å². The molecule has 0 aliphatic heterocycles. The first-order chi connectivity index (χ1) is 15.7. The van der Waals surface area contributed by atoms with Gasteiger partial charge in [0, 0.05) is 6.42 Å². The first-order valence-electron chi connectivity index (χ1n) is 12.5. The molecular formula is C28H40N2O2. The van der Waals surface area contributed by atoms with Crippen LogP contribution in [0.4, 0.5) is 11.4 Å². The van der Waals surface area contributed by atoms with Gasteiger partial charge in [0.25, 0.3) is 0 Å². The summed E-state index contributed by atoms with van der Waals surface area (Å²) in [4.78, 5) is 11.9. The van der Waals surface area contributed by atoms with Crippen molar-refractivity contribution in [2.45, 2.75) is 97.3 Å². The van der Waals surface area contributed by atoms with Gasteiger partial charge < -0.3 is 4.74 Å². The molecule has 0 N–H and O–H groups in total. The Morgan fingerprint density at radius 3 is 1.75 bits per heavy atom. The zero-order chi connectivity index (χ0) is 22.9. The van der Waals surface area contributed by atoms with Crippen molar-refractivity contribution in [1.82, 2.24) is 0 Å². The van der Waals surface area contributed by atoms with Crippen molar-refractivity contribution in [3.8, 4) is 5.75 Å². The number of hydrogen-bond donors (Lipinski definition) is 0. The lowest BCUT2D eigenvalue weighted by Crippen LogP contribution is -2.07. The van der Waals surface area contributed by atoms with Gasteiger partial charge in [0.15, 0.2) is 0 Å². The fourth-order valence-corrected chi connectivity index (χ4v) is 3.59. The Balaban J connectivity index is 1.71. The number of hydrogen-bond acceptors (Lipinski definition) is 4. The van der Waals surface area contributed by atoms with E-state index in [0.717, 1.165) is 30.6 Å². The number of rotatable bonds is 16. The molecular weight excluding hydrogens is 396 g/mol. The molecule has 0 atom stereocenters. The highest BCUT2D eigenvalue weighted by atomic mass is 16.5. The van der Waals surface area contributed by atoms with E-state index in [9.17, 15) is 4.79 Å². The zero-order valence-corrected chi connectivity index (χ0v) is 20.0. The summed E-state index contributed by atoms with van der Waals surface area (Å²) >= 11 is 0. The van der Waals surface area contributed by atoms with Gasteiger partial charge in [0.05, 0.1) is 11.4 Å². The van der Waals surface area contributed by atoms with Gasteiger partial charge in [0.2, 0.25) is 0 Å². The number of benzene rings is 2. The Morgan fingerprint density at radius 2 is 1.16 bits per heavy atom. The quantitative estimate of drug-likeness (QED) is 0.114. The van der Waals surface area contributed by atoms with Crippen LogP contribution in [0.25, 0.3) is 0 Å². The molecule has 0 bridgehead atoms. The molecule has 0 aliphatic carbocycles. The van der Waals surface area contributed by atoms with E-state index in [1.54, 1.807) is 12.1 Å². The lowest BCUT2D eigenvalue weighted by atomic mass is 10.0. The number of ether oxygens (including phenoxy) is 1. The number of unbranched alkanes of at least 4 members (excludes halogenated alkanes) is 9. The Bertz CT molecular complexity index is 782. The van der Waals surface area contributed by atoms with Gasteiger partial charge >= 0.3 is 5.97 Å². The molecule has 2 aromatic carbocycles. The van der Waals surface area contributed by atoms with Crippen LogP contribution in [0.5, 0.6) is 5.75 Å². The summed E-state index contributed by atoms with van der Waals surface area (Å²) in [6.07, 6.45) is 15.1. The predicted octanol–water partition coefficient (Wildman–Crippen LogP) is 9.27. The van der Waals surface area contributed by atoms with Crippen LogP contribution < -0.4 is 4.74 Å². The monoisotopic (exact) mass is 436 g/mol. The van der Waals surface area contributed by atoms with E-state index in [4.69, 9.17) is 4.74 Å². The van der Waals surface area contributed by atoms with Gasteiger partial charge in [-0.2, -0.15) is 10.2 Å². The van der Waals surface area contributed by atoms with Crippen molar-refractivity contribution in [3.63, 3.8) is 0 Å². The maximum Gasteiger partial charge on any atom is 0.311 e. The van der Waals surface area contributed by atoms with Gasteiger partial charge in [-0.25, -0.2) is 0 Å². The van der Waals surface area contributed by atoms with Gasteiger partial charge in [0.1, 0.15) is 5.75 Å². The van der Waals surface area contributed by atoms with E-state index in [2.05, 4.69) is 36.2 Å². The van der Waals surface area contributed by atoms with E-state index in [-0.39, 0.29) is 5.97 Å². The molecule has 0 saturated carbocycles. The maximum absolute atomic E-state index is 11.9. The topological polar surface area (TPSA) is 51.0 Å². The Labute approximate surface area is 194 Å². The SMILES string of the molecule is CCCCCCCCc1ccc(N=Nc2ccc(OC(=O)CCCCCCC)cc2)cc1. The highest BCUT2D eigenvalue weighted by Gasteiger charge is 2.05. The van der Waals surface area contributed by atoms with Crippen molar-refractivity contribution in [2.75, 3.05) is 0 Å². The van der Waals surface area contributed by atoms with E-state index in [1.807, 2.05) is 24.3 Å². The zero-order valence-electron chi connectivity index (χ0n) is 20.0. The first-order valence-corrected chi connectivity index (χ1v) is 12.5. The summed E-state index contributed by atoms with van der Waals surface area (Å²) in [5.41, 5.74) is 2.94. The summed E-state index contributed by atoms with van der Waals surface area (Å²) < 4.78 is 5.40. The smallest absolute Gasteiger partial charge is 0.311 e. The fraction of sp³-hybridized carbons (Fsp3) is 0.536. The van der Waals surface area contributed by atoms with E-state index < -0.39 is 0 Å². The van der Waals surface area contributed by atoms with Crippen LogP contribution in [-0.4, -0.2) is 5.97 Å². The molecule has 0 unspecified atom stereocenters. The molecule has 0 aromatic heterocycles. The van der Waals surface area contributed by atoms with Gasteiger partial charge in [-0.3, -0.25) is 4.79 Å². The maximum atomic E-state index is 11.9. The lowest BCUT2D eigenvalue weighted by Gasteiger charge is -2.04. The third-order valence-electron chi connectivity index (χ3n) is 5.59. The molecule has 32 heavy (non-hydrogen) atoms. The molecule has 4 nitrogen and oxygen atoms in total. The Morgan fingerprint density at radius 1 is 0.656 bits per heavy atom. The van der Waals surface area contributed by atoms with Crippen LogP contribution in [0.2, 0.25) is 0 Å². The number of azo groups is 1. The summed E-state index contributed by atoms with van der Waals surface area (Å²) in [5, 5.41) is 8.61. The first kappa shape index (κ1) is 25.8. The molecule has 2 aromatic rings. The highest BCUT2D eigenvalue weighted by molar-refractivity contribution is 5.72. The summed E-state index contributed by atoms with van der Waals surface area (Å²) in [5.74, 6) is 0.387. The number of nitrogens with zero attached hydrogens (tertiary/aromatic N) is 2. The van der Waals surface area contributed by atoms with Crippen LogP contribution in [0, 0.1) is 0 Å². The predicted molar refractivity (Wildman–Crippen MR) is 133 cm³/mol. The minimum Gasteiger partial charge on any atom is -0.427 e. The number of carbonyl (C=O) groups is 1. The minimum absolute atomic E-state index is 0.170. The fourth-order valence-electron chi connectivity index (χ4n) is 3.59. The number of carbonyl (C=O) groups excluding carboxylic acids is 1. The normalized spacial score (nSPS) is 11.2. The average molecular weight is 437 g/mol. The standard InChI is InChI=1S/C28H40N2O2/c1-3-5-7-9-11-12-14-24-16-18-25(19-17-24)29-30-26-20-22-27(23-21-26)32-28(31)15-13-10-8-6-4-2/h16-23H,3-15H2,1-2H3. The van der Waals surface area contributed by atoms with E-state index >= 15 is 0 Å². The van der Waals surface area contributed by atoms with Crippen molar-refractivity contribution in [3.05, 3.63) is 54.1 Å². The Hall–Kier alpha value is -2.49. The molecule has 0 saturated heterocycles. The van der Waals surface area contributed by atoms with Crippen LogP contribution in [0.15, 0.2) is 58.8 Å². The second-order valence-corrected chi connectivity index (χ2v) is 8.52. The molecule has 0 aliphatic rings. The highest BCUT2D eigenvalue weighted by Crippen LogP contribution is 2.22. The van der Waals surface area contributed by atoms with Crippen LogP contribution in [0.1, 0.15) is 96.5 Å². The molecule has 0 radical (unpaired) electrons. The van der Waals surface area contributed by atoms with Crippen molar-refractivity contribution in [2.24, 2.45) is 10.2 Å². The van der Waals surface area contributed by atoms with Gasteiger partial charge in [-0.05, 0) is 61.2 Å². The van der Waals surface area contributed by atoms with Crippen LogP contribution >= 0.6 is 0 Å². The minimum atomic E-state index is -0.170. The van der Waals surface area contributed by atoms with E-state index in [1.165, 1.54) is 63.4 Å². The van der Waals surface area contributed by atoms with Crippen LogP contribution in [-0.2, 0) is 11.2 Å². The molecule has 0 heterocycles. The molecule has 2 rings (SSSR count). The third kappa shape index (κ3) is 11.2. The molecule has 174 valence electrons. The molecule has 4 heteroatoms. The van der Waals surface area contributed by atoms with Crippen molar-refractivity contribution < 1.29 is 9.53 Å². The Kier molecular flexibility index (Phi) is 13.0. The molecule has 0 amide bonds. The second-order valence-electron chi connectivity index (χ2n) is 8.52. The van der Waals surface area contributed by atoms with Gasteiger partial charge in [-0.15, -0.1) is 0 Å². The largest absolute Gasteiger partial charge is 0.427 e. The van der Waals surface area contributed by atoms with E-state index in [0.29, 0.717) is 12.2 Å². The lowest BCUT2D eigenvalue weighted by molar-refractivity contribution is -0.134. The van der Waals surface area contributed by atoms with Crippen LogP contribution in [0.3, 0.4) is 0 Å². The molecule has 0 spiro atoms. The summed E-state index contributed by atoms with van der Waals surface area (Å²) in [7, 11) is 0. The third-order valence-corrected chi connectivity index (χ3v) is 5.59. The second kappa shape index (κ2) is 16.2. The van der Waals surface area contributed by atoms with Crippen molar-refractivity contribution in [1.29, 1.82) is 0 Å². The molecule has 0 fully saturated rings. The summed E-state index contributed by atoms with van der Waals surface area (Å²) in [6.45, 7) is 4.44. The average Bonchev–Trinajstić information content (AvgIpc) is 2.81. The number of aryl methyl sites for hydroxylation is 1.